The van der Waals surface area contributed by atoms with Gasteiger partial charge >= 0.3 is 0 Å². The first-order valence-corrected chi connectivity index (χ1v) is 6.93. The van der Waals surface area contributed by atoms with E-state index >= 15 is 0 Å². The van der Waals surface area contributed by atoms with Gasteiger partial charge < -0.3 is 4.43 Å². The second-order valence-corrected chi connectivity index (χ2v) is 7.66. The van der Waals surface area contributed by atoms with Crippen molar-refractivity contribution >= 4 is 14.3 Å². The summed E-state index contributed by atoms with van der Waals surface area (Å²) in [4.78, 5) is 10.9. The van der Waals surface area contributed by atoms with E-state index in [1.54, 1.807) is 0 Å². The fourth-order valence-electron chi connectivity index (χ4n) is 1.23. The van der Waals surface area contributed by atoms with Gasteiger partial charge in [0.2, 0.25) is 8.32 Å². The lowest BCUT2D eigenvalue weighted by Crippen LogP contribution is -2.31. The molecule has 1 fully saturated rings. The van der Waals surface area contributed by atoms with Gasteiger partial charge in [-0.2, -0.15) is 0 Å². The molecular weight excluding hydrogens is 144 g/mol. The van der Waals surface area contributed by atoms with Crippen LogP contribution in [0.1, 0.15) is 19.3 Å². The molecule has 0 radical (unpaired) electrons. The molecule has 0 spiro atoms. The monoisotopic (exact) mass is 158 g/mol. The Labute approximate surface area is 62.7 Å². The maximum Gasteiger partial charge on any atom is 0.292 e. The molecule has 0 saturated carbocycles. The molecule has 10 heavy (non-hydrogen) atoms. The lowest BCUT2D eigenvalue weighted by Gasteiger charge is -2.18. The number of carbonyl (C=O) groups is 1. The summed E-state index contributed by atoms with van der Waals surface area (Å²) in [5.41, 5.74) is 0. The van der Waals surface area contributed by atoms with Crippen molar-refractivity contribution in [1.82, 2.24) is 0 Å². The molecule has 2 nitrogen and oxygen atoms in total. The number of hydrogen-bond donors (Lipinski definition) is 0. The van der Waals surface area contributed by atoms with Crippen LogP contribution in [0.3, 0.4) is 0 Å². The van der Waals surface area contributed by atoms with Gasteiger partial charge in [0.1, 0.15) is 0 Å². The Morgan fingerprint density at radius 3 is 2.80 bits per heavy atom. The molecule has 1 heterocycles. The predicted octanol–water partition coefficient (Wildman–Crippen LogP) is 1.92. The Balaban J connectivity index is 2.54. The van der Waals surface area contributed by atoms with Crippen LogP contribution >= 0.6 is 0 Å². The lowest BCUT2D eigenvalue weighted by atomic mass is 10.3. The van der Waals surface area contributed by atoms with E-state index < -0.39 is 8.32 Å². The summed E-state index contributed by atoms with van der Waals surface area (Å²) >= 11 is 0. The van der Waals surface area contributed by atoms with Crippen LogP contribution in [0.5, 0.6) is 0 Å². The van der Waals surface area contributed by atoms with E-state index in [2.05, 4.69) is 13.1 Å². The largest absolute Gasteiger partial charge is 0.520 e. The van der Waals surface area contributed by atoms with Gasteiger partial charge in [0.05, 0.1) is 0 Å². The van der Waals surface area contributed by atoms with Crippen LogP contribution in [0, 0.1) is 0 Å². The quantitative estimate of drug-likeness (QED) is 0.503. The van der Waals surface area contributed by atoms with Crippen LogP contribution in [0.15, 0.2) is 0 Å². The van der Waals surface area contributed by atoms with Gasteiger partial charge in [0, 0.05) is 6.42 Å². The van der Waals surface area contributed by atoms with Crippen molar-refractivity contribution in [2.75, 3.05) is 0 Å². The zero-order valence-corrected chi connectivity index (χ0v) is 7.64. The Morgan fingerprint density at radius 2 is 2.10 bits per heavy atom. The van der Waals surface area contributed by atoms with Crippen molar-refractivity contribution in [1.29, 1.82) is 0 Å². The van der Waals surface area contributed by atoms with Crippen molar-refractivity contribution in [2.45, 2.75) is 38.4 Å². The summed E-state index contributed by atoms with van der Waals surface area (Å²) in [5.74, 6) is 0.0224. The zero-order chi connectivity index (χ0) is 7.61. The van der Waals surface area contributed by atoms with Gasteiger partial charge in [-0.1, -0.05) is 6.42 Å². The van der Waals surface area contributed by atoms with Gasteiger partial charge in [-0.25, -0.2) is 0 Å². The summed E-state index contributed by atoms with van der Waals surface area (Å²) < 4.78 is 5.30. The van der Waals surface area contributed by atoms with Gasteiger partial charge in [-0.3, -0.25) is 4.79 Å². The Kier molecular flexibility index (Phi) is 2.13. The highest BCUT2D eigenvalue weighted by Gasteiger charge is 2.28. The Bertz CT molecular complexity index is 143. The van der Waals surface area contributed by atoms with Crippen LogP contribution in [0.2, 0.25) is 19.1 Å². The lowest BCUT2D eigenvalue weighted by molar-refractivity contribution is -0.134. The molecule has 1 aliphatic rings. The first-order chi connectivity index (χ1) is 4.60. The van der Waals surface area contributed by atoms with E-state index in [1.165, 1.54) is 6.42 Å². The molecule has 0 atom stereocenters. The summed E-state index contributed by atoms with van der Waals surface area (Å²) in [5, 5.41) is 0. The van der Waals surface area contributed by atoms with Crippen LogP contribution < -0.4 is 0 Å². The van der Waals surface area contributed by atoms with E-state index in [-0.39, 0.29) is 5.97 Å². The van der Waals surface area contributed by atoms with E-state index in [0.29, 0.717) is 6.42 Å². The van der Waals surface area contributed by atoms with E-state index in [9.17, 15) is 4.79 Å². The molecule has 0 amide bonds. The minimum Gasteiger partial charge on any atom is -0.520 e. The summed E-state index contributed by atoms with van der Waals surface area (Å²) in [6.07, 6.45) is 2.83. The SMILES string of the molecule is C[Si]1(C)CCCCC(=O)O1. The molecule has 1 saturated heterocycles. The molecule has 0 aliphatic carbocycles. The number of rotatable bonds is 0. The predicted molar refractivity (Wildman–Crippen MR) is 42.2 cm³/mol. The van der Waals surface area contributed by atoms with E-state index in [4.69, 9.17) is 4.43 Å². The third kappa shape index (κ3) is 2.14. The normalized spacial score (nSPS) is 25.2. The first kappa shape index (κ1) is 7.79. The van der Waals surface area contributed by atoms with Crippen molar-refractivity contribution < 1.29 is 9.22 Å². The maximum atomic E-state index is 10.9. The van der Waals surface area contributed by atoms with Gasteiger partial charge in [0.15, 0.2) is 0 Å². The van der Waals surface area contributed by atoms with Crippen molar-refractivity contribution in [3.63, 3.8) is 0 Å². The average Bonchev–Trinajstić information content (AvgIpc) is 1.90. The second-order valence-electron chi connectivity index (χ2n) is 3.44. The van der Waals surface area contributed by atoms with Crippen molar-refractivity contribution in [3.8, 4) is 0 Å². The topological polar surface area (TPSA) is 26.3 Å². The van der Waals surface area contributed by atoms with E-state index in [1.807, 2.05) is 0 Å². The zero-order valence-electron chi connectivity index (χ0n) is 6.64. The molecule has 0 aromatic rings. The van der Waals surface area contributed by atoms with Crippen molar-refractivity contribution in [3.05, 3.63) is 0 Å². The molecule has 0 aromatic heterocycles. The highest BCUT2D eigenvalue weighted by molar-refractivity contribution is 6.72. The molecule has 1 aliphatic heterocycles. The smallest absolute Gasteiger partial charge is 0.292 e. The van der Waals surface area contributed by atoms with Gasteiger partial charge in [0.25, 0.3) is 5.97 Å². The summed E-state index contributed by atoms with van der Waals surface area (Å²) in [6, 6.07) is 1.14. The van der Waals surface area contributed by atoms with Crippen LogP contribution in [0.25, 0.3) is 0 Å². The maximum absolute atomic E-state index is 10.9. The highest BCUT2D eigenvalue weighted by Crippen LogP contribution is 2.20. The third-order valence-corrected chi connectivity index (χ3v) is 4.14. The summed E-state index contributed by atoms with van der Waals surface area (Å²) in [7, 11) is -1.55. The van der Waals surface area contributed by atoms with E-state index in [0.717, 1.165) is 12.5 Å². The molecular formula is C7H14O2Si. The molecule has 58 valence electrons. The standard InChI is InChI=1S/C7H14O2Si/c1-10(2)6-4-3-5-7(8)9-10/h3-6H2,1-2H3. The molecule has 0 aromatic carbocycles. The molecule has 0 bridgehead atoms. The Morgan fingerprint density at radius 1 is 1.40 bits per heavy atom. The Hall–Kier alpha value is -0.313. The van der Waals surface area contributed by atoms with Crippen LogP contribution in [-0.4, -0.2) is 14.3 Å². The number of carbonyl (C=O) groups excluding carboxylic acids is 1. The van der Waals surface area contributed by atoms with Gasteiger partial charge in [-0.05, 0) is 25.6 Å². The fourth-order valence-corrected chi connectivity index (χ4v) is 3.15. The van der Waals surface area contributed by atoms with Gasteiger partial charge in [-0.15, -0.1) is 0 Å². The third-order valence-electron chi connectivity index (χ3n) is 1.80. The van der Waals surface area contributed by atoms with Crippen molar-refractivity contribution in [2.24, 2.45) is 0 Å². The molecule has 0 unspecified atom stereocenters. The fraction of sp³-hybridized carbons (Fsp3) is 0.857. The highest BCUT2D eigenvalue weighted by atomic mass is 28.4. The van der Waals surface area contributed by atoms with Crippen LogP contribution in [0.4, 0.5) is 0 Å². The second kappa shape index (κ2) is 2.74. The molecule has 0 N–H and O–H groups in total. The number of hydrogen-bond acceptors (Lipinski definition) is 2. The summed E-state index contributed by atoms with van der Waals surface area (Å²) in [6.45, 7) is 4.21. The minimum atomic E-state index is -1.55. The first-order valence-electron chi connectivity index (χ1n) is 3.82. The average molecular weight is 158 g/mol. The van der Waals surface area contributed by atoms with Crippen LogP contribution in [-0.2, 0) is 9.22 Å². The minimum absolute atomic E-state index is 0.0224. The molecule has 3 heteroatoms. The molecule has 1 rings (SSSR count).